The first-order chi connectivity index (χ1) is 15.9. The lowest BCUT2D eigenvalue weighted by Crippen LogP contribution is -2.61. The molecular formula is C21H34O13. The molecule has 4 aliphatic rings. The molecule has 3 saturated heterocycles. The van der Waals surface area contributed by atoms with E-state index in [4.69, 9.17) is 23.7 Å². The summed E-state index contributed by atoms with van der Waals surface area (Å²) in [5.74, 6) is -0.727. The molecule has 0 unspecified atom stereocenters. The van der Waals surface area contributed by atoms with E-state index in [-0.39, 0.29) is 37.3 Å². The van der Waals surface area contributed by atoms with Crippen molar-refractivity contribution in [2.75, 3.05) is 26.4 Å². The van der Waals surface area contributed by atoms with E-state index in [1.165, 1.54) is 6.92 Å². The Bertz CT molecular complexity index is 748. The van der Waals surface area contributed by atoms with Crippen LogP contribution in [-0.2, 0) is 28.5 Å². The van der Waals surface area contributed by atoms with E-state index in [1.807, 2.05) is 0 Å². The summed E-state index contributed by atoms with van der Waals surface area (Å²) in [6.07, 6.45) is -11.8. The zero-order valence-electron chi connectivity index (χ0n) is 19.0. The Labute approximate surface area is 195 Å². The monoisotopic (exact) mass is 494 g/mol. The SMILES string of the molecule is C[C@H]1C(=O)CO[C@H]2[C@@H]1C[C@H](O[C@@H]1O[C@H](CO[C@@H]3OC[C@](O)(CO)[C@H]3O)[C@@H](O)[C@H](O)[C@H]1O)[C@@]2(C)O. The van der Waals surface area contributed by atoms with Gasteiger partial charge >= 0.3 is 0 Å². The quantitative estimate of drug-likeness (QED) is 0.188. The number of fused-ring (bicyclic) bond motifs is 1. The molecule has 13 heteroatoms. The van der Waals surface area contributed by atoms with Crippen molar-refractivity contribution in [3.8, 4) is 0 Å². The largest absolute Gasteiger partial charge is 0.393 e. The average molecular weight is 494 g/mol. The van der Waals surface area contributed by atoms with E-state index >= 15 is 0 Å². The molecule has 0 amide bonds. The Kier molecular flexibility index (Phi) is 7.39. The molecule has 3 aliphatic heterocycles. The van der Waals surface area contributed by atoms with Gasteiger partial charge in [-0.3, -0.25) is 4.79 Å². The van der Waals surface area contributed by atoms with E-state index in [9.17, 15) is 40.5 Å². The Morgan fingerprint density at radius 1 is 1.06 bits per heavy atom. The number of carbonyl (C=O) groups excluding carboxylic acids is 1. The lowest BCUT2D eigenvalue weighted by molar-refractivity contribution is -0.328. The first kappa shape index (κ1) is 26.3. The molecule has 0 radical (unpaired) electrons. The van der Waals surface area contributed by atoms with Crippen molar-refractivity contribution in [2.45, 2.75) is 86.8 Å². The second-order valence-electron chi connectivity index (χ2n) is 9.97. The summed E-state index contributed by atoms with van der Waals surface area (Å²) < 4.78 is 27.6. The summed E-state index contributed by atoms with van der Waals surface area (Å²) in [4.78, 5) is 12.0. The van der Waals surface area contributed by atoms with Crippen molar-refractivity contribution in [3.63, 3.8) is 0 Å². The molecule has 196 valence electrons. The van der Waals surface area contributed by atoms with E-state index in [0.29, 0.717) is 0 Å². The smallest absolute Gasteiger partial charge is 0.187 e. The summed E-state index contributed by atoms with van der Waals surface area (Å²) in [5.41, 5.74) is -3.41. The van der Waals surface area contributed by atoms with Crippen LogP contribution in [0.4, 0.5) is 0 Å². The number of ether oxygens (including phenoxy) is 5. The van der Waals surface area contributed by atoms with Crippen molar-refractivity contribution >= 4 is 5.78 Å². The maximum atomic E-state index is 12.0. The highest BCUT2D eigenvalue weighted by Gasteiger charge is 2.59. The molecule has 1 aliphatic carbocycles. The molecule has 1 saturated carbocycles. The number of carbonyl (C=O) groups is 1. The van der Waals surface area contributed by atoms with Gasteiger partial charge in [-0.25, -0.2) is 0 Å². The summed E-state index contributed by atoms with van der Waals surface area (Å²) in [6.45, 7) is 1.60. The Balaban J connectivity index is 1.41. The van der Waals surface area contributed by atoms with E-state index < -0.39 is 79.7 Å². The summed E-state index contributed by atoms with van der Waals surface area (Å²) in [7, 11) is 0. The van der Waals surface area contributed by atoms with Crippen LogP contribution in [0.2, 0.25) is 0 Å². The lowest BCUT2D eigenvalue weighted by Gasteiger charge is -2.43. The minimum atomic E-state index is -1.90. The molecule has 3 heterocycles. The highest BCUT2D eigenvalue weighted by Crippen LogP contribution is 2.46. The lowest BCUT2D eigenvalue weighted by atomic mass is 9.83. The van der Waals surface area contributed by atoms with Crippen LogP contribution in [0.15, 0.2) is 0 Å². The Morgan fingerprint density at radius 2 is 1.76 bits per heavy atom. The van der Waals surface area contributed by atoms with Gasteiger partial charge in [0.1, 0.15) is 48.3 Å². The van der Waals surface area contributed by atoms with Gasteiger partial charge in [0, 0.05) is 11.8 Å². The fraction of sp³-hybridized carbons (Fsp3) is 0.952. The van der Waals surface area contributed by atoms with Gasteiger partial charge in [-0.15, -0.1) is 0 Å². The molecule has 13 atom stereocenters. The van der Waals surface area contributed by atoms with Gasteiger partial charge in [0.25, 0.3) is 0 Å². The maximum absolute atomic E-state index is 12.0. The number of rotatable bonds is 6. The molecular weight excluding hydrogens is 460 g/mol. The number of aliphatic hydroxyl groups excluding tert-OH is 5. The maximum Gasteiger partial charge on any atom is 0.187 e. The molecule has 34 heavy (non-hydrogen) atoms. The van der Waals surface area contributed by atoms with Crippen molar-refractivity contribution in [1.82, 2.24) is 0 Å². The topological polar surface area (TPSA) is 205 Å². The van der Waals surface area contributed by atoms with Crippen molar-refractivity contribution in [3.05, 3.63) is 0 Å². The molecule has 0 aromatic carbocycles. The van der Waals surface area contributed by atoms with Crippen molar-refractivity contribution in [2.24, 2.45) is 11.8 Å². The predicted octanol–water partition coefficient (Wildman–Crippen LogP) is -3.99. The van der Waals surface area contributed by atoms with Gasteiger partial charge in [-0.1, -0.05) is 6.92 Å². The molecule has 0 spiro atoms. The van der Waals surface area contributed by atoms with E-state index in [0.717, 1.165) is 0 Å². The number of aliphatic hydroxyl groups is 7. The van der Waals surface area contributed by atoms with E-state index in [2.05, 4.69) is 0 Å². The number of ketones is 1. The minimum absolute atomic E-state index is 0.0770. The predicted molar refractivity (Wildman–Crippen MR) is 108 cm³/mol. The second-order valence-corrected chi connectivity index (χ2v) is 9.97. The fourth-order valence-corrected chi connectivity index (χ4v) is 5.17. The molecule has 7 N–H and O–H groups in total. The third-order valence-corrected chi connectivity index (χ3v) is 7.63. The molecule has 0 aromatic rings. The third kappa shape index (κ3) is 4.42. The summed E-state index contributed by atoms with van der Waals surface area (Å²) in [6, 6.07) is 0. The zero-order valence-corrected chi connectivity index (χ0v) is 19.0. The van der Waals surface area contributed by atoms with Crippen LogP contribution in [0.1, 0.15) is 20.3 Å². The van der Waals surface area contributed by atoms with Gasteiger partial charge in [0.2, 0.25) is 0 Å². The minimum Gasteiger partial charge on any atom is -0.393 e. The Hall–Kier alpha value is -0.810. The van der Waals surface area contributed by atoms with E-state index in [1.54, 1.807) is 6.92 Å². The molecule has 4 rings (SSSR count). The van der Waals surface area contributed by atoms with Crippen LogP contribution in [0.3, 0.4) is 0 Å². The number of Topliss-reactive ketones (excluding diaryl/α,β-unsaturated/α-hetero) is 1. The van der Waals surface area contributed by atoms with Crippen molar-refractivity contribution in [1.29, 1.82) is 0 Å². The van der Waals surface area contributed by atoms with Crippen LogP contribution in [0, 0.1) is 11.8 Å². The van der Waals surface area contributed by atoms with Crippen LogP contribution in [0.5, 0.6) is 0 Å². The van der Waals surface area contributed by atoms with Gasteiger partial charge in [-0.2, -0.15) is 0 Å². The van der Waals surface area contributed by atoms with Crippen LogP contribution < -0.4 is 0 Å². The zero-order chi connectivity index (χ0) is 25.0. The van der Waals surface area contributed by atoms with Gasteiger partial charge < -0.3 is 59.4 Å². The highest BCUT2D eigenvalue weighted by molar-refractivity contribution is 5.83. The molecule has 4 fully saturated rings. The average Bonchev–Trinajstić information content (AvgIpc) is 3.23. The molecule has 0 bridgehead atoms. The third-order valence-electron chi connectivity index (χ3n) is 7.63. The van der Waals surface area contributed by atoms with Crippen LogP contribution in [-0.4, -0.2) is 134 Å². The normalized spacial score (nSPS) is 53.8. The summed E-state index contributed by atoms with van der Waals surface area (Å²) >= 11 is 0. The molecule has 0 aromatic heterocycles. The van der Waals surface area contributed by atoms with Crippen LogP contribution in [0.25, 0.3) is 0 Å². The van der Waals surface area contributed by atoms with Gasteiger partial charge in [0.15, 0.2) is 18.4 Å². The Morgan fingerprint density at radius 3 is 2.41 bits per heavy atom. The first-order valence-corrected chi connectivity index (χ1v) is 11.4. The molecule has 13 nitrogen and oxygen atoms in total. The van der Waals surface area contributed by atoms with Gasteiger partial charge in [-0.05, 0) is 13.3 Å². The first-order valence-electron chi connectivity index (χ1n) is 11.4. The number of hydrogen-bond acceptors (Lipinski definition) is 13. The standard InChI is InChI=1S/C21H34O13/c1-8-9-3-12(20(2,28)17(9)30-4-10(8)23)34-18-15(26)14(25)13(24)11(33-18)5-31-19-16(27)21(29,6-22)7-32-19/h8-9,11-19,22,24-29H,3-7H2,1-2H3/t8-,9-,11-,12+,13-,14+,15-,16+,17+,18+,19-,20-,21-/m1/s1. The fourth-order valence-electron chi connectivity index (χ4n) is 5.17. The second kappa shape index (κ2) is 9.57. The number of hydrogen-bond donors (Lipinski definition) is 7. The van der Waals surface area contributed by atoms with Crippen LogP contribution >= 0.6 is 0 Å². The summed E-state index contributed by atoms with van der Waals surface area (Å²) in [5, 5.41) is 71.6. The van der Waals surface area contributed by atoms with Gasteiger partial charge in [0.05, 0.1) is 32.0 Å². The highest BCUT2D eigenvalue weighted by atomic mass is 16.7. The van der Waals surface area contributed by atoms with Crippen molar-refractivity contribution < 1.29 is 64.2 Å².